The van der Waals surface area contributed by atoms with E-state index < -0.39 is 24.7 Å². The van der Waals surface area contributed by atoms with Gasteiger partial charge in [0.05, 0.1) is 6.04 Å². The monoisotopic (exact) mass is 266 g/mol. The molecule has 1 amide bonds. The summed E-state index contributed by atoms with van der Waals surface area (Å²) in [5.74, 6) is -0.306. The van der Waals surface area contributed by atoms with Crippen LogP contribution in [0.4, 0.5) is 13.2 Å². The molecule has 0 bridgehead atoms. The SMILES string of the molecule is CC(C)CN(CC(F)(F)F)C(=O)C1NCCC1C. The summed E-state index contributed by atoms with van der Waals surface area (Å²) in [5, 5.41) is 2.99. The predicted octanol–water partition coefficient (Wildman–Crippen LogP) is 2.03. The first-order chi connectivity index (χ1) is 8.20. The Hall–Kier alpha value is -0.780. The molecule has 1 saturated heterocycles. The molecular formula is C12H21F3N2O. The molecule has 2 atom stereocenters. The number of alkyl halides is 3. The standard InChI is InChI=1S/C12H21F3N2O/c1-8(2)6-17(7-12(13,14)15)11(18)10-9(3)4-5-16-10/h8-10,16H,4-7H2,1-3H3. The lowest BCUT2D eigenvalue weighted by atomic mass is 10.0. The summed E-state index contributed by atoms with van der Waals surface area (Å²) in [7, 11) is 0. The maximum atomic E-state index is 12.5. The lowest BCUT2D eigenvalue weighted by Gasteiger charge is -2.29. The molecule has 106 valence electrons. The molecule has 1 aliphatic heterocycles. The number of hydrogen-bond donors (Lipinski definition) is 1. The maximum absolute atomic E-state index is 12.5. The molecular weight excluding hydrogens is 245 g/mol. The van der Waals surface area contributed by atoms with E-state index in [4.69, 9.17) is 0 Å². The van der Waals surface area contributed by atoms with Crippen molar-refractivity contribution in [2.45, 2.75) is 39.4 Å². The third kappa shape index (κ3) is 4.48. The molecule has 0 radical (unpaired) electrons. The third-order valence-electron chi connectivity index (χ3n) is 3.07. The molecule has 0 aromatic carbocycles. The van der Waals surface area contributed by atoms with Crippen LogP contribution in [0.1, 0.15) is 27.2 Å². The average Bonchev–Trinajstić information content (AvgIpc) is 2.59. The Morgan fingerprint density at radius 1 is 1.44 bits per heavy atom. The number of nitrogens with one attached hydrogen (secondary N) is 1. The zero-order valence-electron chi connectivity index (χ0n) is 11.0. The van der Waals surface area contributed by atoms with Crippen molar-refractivity contribution in [1.82, 2.24) is 10.2 Å². The first kappa shape index (κ1) is 15.3. The van der Waals surface area contributed by atoms with Gasteiger partial charge in [0, 0.05) is 6.54 Å². The van der Waals surface area contributed by atoms with Gasteiger partial charge in [-0.3, -0.25) is 4.79 Å². The van der Waals surface area contributed by atoms with Crippen LogP contribution in [0.5, 0.6) is 0 Å². The van der Waals surface area contributed by atoms with Crippen LogP contribution in [0.25, 0.3) is 0 Å². The van der Waals surface area contributed by atoms with Crippen LogP contribution in [0.15, 0.2) is 0 Å². The highest BCUT2D eigenvalue weighted by Crippen LogP contribution is 2.21. The minimum absolute atomic E-state index is 0.0213. The van der Waals surface area contributed by atoms with Gasteiger partial charge in [-0.2, -0.15) is 13.2 Å². The molecule has 18 heavy (non-hydrogen) atoms. The Bertz CT molecular complexity index is 292. The largest absolute Gasteiger partial charge is 0.406 e. The van der Waals surface area contributed by atoms with Crippen molar-refractivity contribution in [2.24, 2.45) is 11.8 Å². The molecule has 0 spiro atoms. The number of nitrogens with zero attached hydrogens (tertiary/aromatic N) is 1. The van der Waals surface area contributed by atoms with Crippen molar-refractivity contribution in [1.29, 1.82) is 0 Å². The number of rotatable bonds is 4. The van der Waals surface area contributed by atoms with E-state index in [1.54, 1.807) is 0 Å². The van der Waals surface area contributed by atoms with Crippen LogP contribution in [-0.4, -0.2) is 42.7 Å². The molecule has 0 aromatic rings. The Morgan fingerprint density at radius 2 is 2.06 bits per heavy atom. The van der Waals surface area contributed by atoms with Gasteiger partial charge in [-0.05, 0) is 24.8 Å². The van der Waals surface area contributed by atoms with Crippen LogP contribution >= 0.6 is 0 Å². The van der Waals surface area contributed by atoms with E-state index in [0.29, 0.717) is 6.54 Å². The predicted molar refractivity (Wildman–Crippen MR) is 63.0 cm³/mol. The van der Waals surface area contributed by atoms with E-state index in [1.807, 2.05) is 20.8 Å². The Kier molecular flexibility index (Phi) is 5.01. The summed E-state index contributed by atoms with van der Waals surface area (Å²) in [5.41, 5.74) is 0. The Morgan fingerprint density at radius 3 is 2.44 bits per heavy atom. The van der Waals surface area contributed by atoms with Gasteiger partial charge in [-0.1, -0.05) is 20.8 Å². The second-order valence-electron chi connectivity index (χ2n) is 5.43. The van der Waals surface area contributed by atoms with E-state index in [1.165, 1.54) is 0 Å². The topological polar surface area (TPSA) is 32.3 Å². The van der Waals surface area contributed by atoms with Crippen molar-refractivity contribution in [3.05, 3.63) is 0 Å². The highest BCUT2D eigenvalue weighted by atomic mass is 19.4. The van der Waals surface area contributed by atoms with Gasteiger partial charge >= 0.3 is 6.18 Å². The van der Waals surface area contributed by atoms with Crippen molar-refractivity contribution in [3.63, 3.8) is 0 Å². The molecule has 0 aromatic heterocycles. The van der Waals surface area contributed by atoms with Crippen LogP contribution in [-0.2, 0) is 4.79 Å². The van der Waals surface area contributed by atoms with E-state index in [2.05, 4.69) is 5.32 Å². The van der Waals surface area contributed by atoms with E-state index in [-0.39, 0.29) is 18.4 Å². The molecule has 1 heterocycles. The number of carbonyl (C=O) groups is 1. The average molecular weight is 266 g/mol. The zero-order valence-corrected chi connectivity index (χ0v) is 11.0. The first-order valence-corrected chi connectivity index (χ1v) is 6.29. The smallest absolute Gasteiger partial charge is 0.332 e. The number of carbonyl (C=O) groups excluding carboxylic acids is 1. The molecule has 1 rings (SSSR count). The maximum Gasteiger partial charge on any atom is 0.406 e. The van der Waals surface area contributed by atoms with Gasteiger partial charge in [0.25, 0.3) is 0 Å². The van der Waals surface area contributed by atoms with Crippen LogP contribution < -0.4 is 5.32 Å². The quantitative estimate of drug-likeness (QED) is 0.844. The summed E-state index contributed by atoms with van der Waals surface area (Å²) < 4.78 is 37.5. The summed E-state index contributed by atoms with van der Waals surface area (Å²) in [6.45, 7) is 5.19. The molecule has 1 N–H and O–H groups in total. The van der Waals surface area contributed by atoms with Crippen molar-refractivity contribution in [3.8, 4) is 0 Å². The van der Waals surface area contributed by atoms with Crippen molar-refractivity contribution >= 4 is 5.91 Å². The van der Waals surface area contributed by atoms with E-state index in [9.17, 15) is 18.0 Å². The second kappa shape index (κ2) is 5.91. The zero-order chi connectivity index (χ0) is 13.9. The molecule has 0 aliphatic carbocycles. The highest BCUT2D eigenvalue weighted by Gasteiger charge is 2.38. The Labute approximate surface area is 106 Å². The van der Waals surface area contributed by atoms with E-state index in [0.717, 1.165) is 11.3 Å². The van der Waals surface area contributed by atoms with Crippen LogP contribution in [0.2, 0.25) is 0 Å². The summed E-state index contributed by atoms with van der Waals surface area (Å²) in [6, 6.07) is -0.467. The van der Waals surface area contributed by atoms with Gasteiger partial charge in [0.1, 0.15) is 6.54 Å². The fraction of sp³-hybridized carbons (Fsp3) is 0.917. The minimum atomic E-state index is -4.34. The molecule has 2 unspecified atom stereocenters. The summed E-state index contributed by atoms with van der Waals surface area (Å²) in [6.07, 6.45) is -3.51. The second-order valence-corrected chi connectivity index (χ2v) is 5.43. The fourth-order valence-electron chi connectivity index (χ4n) is 2.25. The third-order valence-corrected chi connectivity index (χ3v) is 3.07. The van der Waals surface area contributed by atoms with Crippen molar-refractivity contribution < 1.29 is 18.0 Å². The molecule has 1 fully saturated rings. The number of amides is 1. The number of hydrogen-bond acceptors (Lipinski definition) is 2. The van der Waals surface area contributed by atoms with E-state index >= 15 is 0 Å². The van der Waals surface area contributed by atoms with Crippen molar-refractivity contribution in [2.75, 3.05) is 19.6 Å². The summed E-state index contributed by atoms with van der Waals surface area (Å²) in [4.78, 5) is 13.1. The molecule has 6 heteroatoms. The fourth-order valence-corrected chi connectivity index (χ4v) is 2.25. The van der Waals surface area contributed by atoms with Gasteiger partial charge < -0.3 is 10.2 Å². The lowest BCUT2D eigenvalue weighted by molar-refractivity contribution is -0.163. The highest BCUT2D eigenvalue weighted by molar-refractivity contribution is 5.82. The molecule has 0 saturated carbocycles. The van der Waals surface area contributed by atoms with Crippen LogP contribution in [0, 0.1) is 11.8 Å². The normalized spacial score (nSPS) is 24.6. The minimum Gasteiger partial charge on any atom is -0.332 e. The van der Waals surface area contributed by atoms with Gasteiger partial charge in [0.15, 0.2) is 0 Å². The number of halogens is 3. The lowest BCUT2D eigenvalue weighted by Crippen LogP contribution is -2.50. The Balaban J connectivity index is 2.72. The van der Waals surface area contributed by atoms with Gasteiger partial charge in [-0.25, -0.2) is 0 Å². The molecule has 1 aliphatic rings. The molecule has 3 nitrogen and oxygen atoms in total. The van der Waals surface area contributed by atoms with Gasteiger partial charge in [0.2, 0.25) is 5.91 Å². The van der Waals surface area contributed by atoms with Crippen LogP contribution in [0.3, 0.4) is 0 Å². The first-order valence-electron chi connectivity index (χ1n) is 6.29. The van der Waals surface area contributed by atoms with Gasteiger partial charge in [-0.15, -0.1) is 0 Å². The summed E-state index contributed by atoms with van der Waals surface area (Å²) >= 11 is 0.